The van der Waals surface area contributed by atoms with Crippen LogP contribution in [-0.2, 0) is 11.3 Å². The van der Waals surface area contributed by atoms with Crippen LogP contribution in [-0.4, -0.2) is 38.8 Å². The summed E-state index contributed by atoms with van der Waals surface area (Å²) in [5.74, 6) is 2.24. The van der Waals surface area contributed by atoms with E-state index in [1.807, 2.05) is 43.3 Å². The first-order chi connectivity index (χ1) is 12.7. The second-order valence-corrected chi connectivity index (χ2v) is 6.13. The van der Waals surface area contributed by atoms with Crippen LogP contribution in [0.5, 0.6) is 5.75 Å². The smallest absolute Gasteiger partial charge is 0.191 e. The Bertz CT molecular complexity index is 668. The number of ether oxygens (including phenoxy) is 2. The Kier molecular flexibility index (Phi) is 12.0. The fourth-order valence-electron chi connectivity index (χ4n) is 2.21. The van der Waals surface area contributed by atoms with Crippen LogP contribution in [0, 0.1) is 0 Å². The number of rotatable bonds is 10. The zero-order valence-electron chi connectivity index (χ0n) is 15.6. The predicted molar refractivity (Wildman–Crippen MR) is 119 cm³/mol. The van der Waals surface area contributed by atoms with E-state index in [0.29, 0.717) is 30.5 Å². The van der Waals surface area contributed by atoms with E-state index in [9.17, 15) is 0 Å². The maximum absolute atomic E-state index is 6.10. The summed E-state index contributed by atoms with van der Waals surface area (Å²) in [5, 5.41) is 7.09. The number of hydrogen-bond donors (Lipinski definition) is 2. The van der Waals surface area contributed by atoms with E-state index in [2.05, 4.69) is 15.6 Å². The van der Waals surface area contributed by atoms with Gasteiger partial charge < -0.3 is 24.5 Å². The SMILES string of the molecule is CN=C(NCCCOCc1ccco1)NCC(C)Oc1ccccc1Cl.I. The maximum Gasteiger partial charge on any atom is 0.191 e. The largest absolute Gasteiger partial charge is 0.487 e. The molecule has 1 heterocycles. The summed E-state index contributed by atoms with van der Waals surface area (Å²) in [6.45, 7) is 4.50. The molecule has 150 valence electrons. The fourth-order valence-corrected chi connectivity index (χ4v) is 2.39. The number of guanidine groups is 1. The third-order valence-corrected chi connectivity index (χ3v) is 3.84. The molecule has 0 radical (unpaired) electrons. The van der Waals surface area contributed by atoms with Crippen LogP contribution < -0.4 is 15.4 Å². The normalized spacial score (nSPS) is 12.2. The predicted octanol–water partition coefficient (Wildman–Crippen LogP) is 4.09. The van der Waals surface area contributed by atoms with E-state index in [0.717, 1.165) is 24.7 Å². The first kappa shape index (κ1) is 23.6. The summed E-state index contributed by atoms with van der Waals surface area (Å²) in [6, 6.07) is 11.2. The van der Waals surface area contributed by atoms with E-state index >= 15 is 0 Å². The molecule has 0 saturated carbocycles. The van der Waals surface area contributed by atoms with Crippen molar-refractivity contribution in [2.75, 3.05) is 26.7 Å². The van der Waals surface area contributed by atoms with Crippen LogP contribution in [0.3, 0.4) is 0 Å². The van der Waals surface area contributed by atoms with Gasteiger partial charge in [0.25, 0.3) is 0 Å². The minimum atomic E-state index is -0.0509. The van der Waals surface area contributed by atoms with Gasteiger partial charge in [-0.15, -0.1) is 24.0 Å². The topological polar surface area (TPSA) is 68.0 Å². The molecule has 0 spiro atoms. The molecule has 0 aliphatic heterocycles. The first-order valence-electron chi connectivity index (χ1n) is 8.65. The third kappa shape index (κ3) is 9.34. The van der Waals surface area contributed by atoms with Crippen molar-refractivity contribution in [1.29, 1.82) is 0 Å². The van der Waals surface area contributed by atoms with Crippen LogP contribution in [0.15, 0.2) is 52.1 Å². The molecule has 2 rings (SSSR count). The van der Waals surface area contributed by atoms with E-state index in [4.69, 9.17) is 25.5 Å². The summed E-state index contributed by atoms with van der Waals surface area (Å²) in [5.41, 5.74) is 0. The minimum absolute atomic E-state index is 0. The lowest BCUT2D eigenvalue weighted by molar-refractivity contribution is 0.105. The molecule has 1 aromatic heterocycles. The molecule has 0 saturated heterocycles. The molecule has 1 aromatic carbocycles. The number of halogens is 2. The quantitative estimate of drug-likeness (QED) is 0.219. The number of nitrogens with zero attached hydrogens (tertiary/aromatic N) is 1. The highest BCUT2D eigenvalue weighted by molar-refractivity contribution is 14.0. The highest BCUT2D eigenvalue weighted by atomic mass is 127. The summed E-state index contributed by atoms with van der Waals surface area (Å²) >= 11 is 6.10. The lowest BCUT2D eigenvalue weighted by atomic mass is 10.3. The van der Waals surface area contributed by atoms with Crippen molar-refractivity contribution in [2.24, 2.45) is 4.99 Å². The van der Waals surface area contributed by atoms with Gasteiger partial charge >= 0.3 is 0 Å². The molecule has 0 fully saturated rings. The zero-order valence-corrected chi connectivity index (χ0v) is 18.7. The van der Waals surface area contributed by atoms with E-state index in [-0.39, 0.29) is 30.1 Å². The van der Waals surface area contributed by atoms with E-state index in [1.165, 1.54) is 0 Å². The molecule has 2 N–H and O–H groups in total. The molecule has 1 unspecified atom stereocenters. The Morgan fingerprint density at radius 1 is 1.22 bits per heavy atom. The summed E-state index contributed by atoms with van der Waals surface area (Å²) in [6.07, 6.45) is 2.46. The number of aliphatic imine (C=N–C) groups is 1. The number of benzene rings is 1. The Morgan fingerprint density at radius 3 is 2.74 bits per heavy atom. The van der Waals surface area contributed by atoms with Crippen molar-refractivity contribution in [1.82, 2.24) is 10.6 Å². The molecule has 1 atom stereocenters. The van der Waals surface area contributed by atoms with Gasteiger partial charge in [-0.05, 0) is 37.6 Å². The average Bonchev–Trinajstić information content (AvgIpc) is 3.16. The lowest BCUT2D eigenvalue weighted by Crippen LogP contribution is -2.42. The van der Waals surface area contributed by atoms with Gasteiger partial charge in [0.05, 0.1) is 17.8 Å². The van der Waals surface area contributed by atoms with Gasteiger partial charge in [0.2, 0.25) is 0 Å². The number of furan rings is 1. The van der Waals surface area contributed by atoms with Gasteiger partial charge in [-0.1, -0.05) is 23.7 Å². The molecule has 27 heavy (non-hydrogen) atoms. The van der Waals surface area contributed by atoms with Gasteiger partial charge in [0, 0.05) is 20.2 Å². The highest BCUT2D eigenvalue weighted by Gasteiger charge is 2.08. The van der Waals surface area contributed by atoms with Crippen molar-refractivity contribution in [3.63, 3.8) is 0 Å². The summed E-state index contributed by atoms with van der Waals surface area (Å²) < 4.78 is 16.6. The molecule has 6 nitrogen and oxygen atoms in total. The highest BCUT2D eigenvalue weighted by Crippen LogP contribution is 2.23. The van der Waals surface area contributed by atoms with Gasteiger partial charge in [-0.25, -0.2) is 0 Å². The Morgan fingerprint density at radius 2 is 2.04 bits per heavy atom. The minimum Gasteiger partial charge on any atom is -0.487 e. The van der Waals surface area contributed by atoms with Crippen molar-refractivity contribution >= 4 is 41.5 Å². The first-order valence-corrected chi connectivity index (χ1v) is 9.02. The zero-order chi connectivity index (χ0) is 18.6. The van der Waals surface area contributed by atoms with Crippen molar-refractivity contribution in [3.8, 4) is 5.75 Å². The molecular weight excluding hydrogens is 481 g/mol. The Balaban J connectivity index is 0.00000364. The van der Waals surface area contributed by atoms with E-state index in [1.54, 1.807) is 13.3 Å². The molecule has 0 aliphatic carbocycles. The second kappa shape index (κ2) is 13.7. The molecule has 8 heteroatoms. The van der Waals surface area contributed by atoms with Crippen LogP contribution >= 0.6 is 35.6 Å². The Labute approximate surface area is 182 Å². The van der Waals surface area contributed by atoms with Gasteiger partial charge in [0.1, 0.15) is 24.2 Å². The van der Waals surface area contributed by atoms with Crippen molar-refractivity contribution in [2.45, 2.75) is 26.1 Å². The Hall–Kier alpha value is -1.45. The van der Waals surface area contributed by atoms with Crippen molar-refractivity contribution in [3.05, 3.63) is 53.4 Å². The maximum atomic E-state index is 6.10. The van der Waals surface area contributed by atoms with Crippen LogP contribution in [0.25, 0.3) is 0 Å². The second-order valence-electron chi connectivity index (χ2n) is 5.72. The number of nitrogens with one attached hydrogen (secondary N) is 2. The lowest BCUT2D eigenvalue weighted by Gasteiger charge is -2.18. The fraction of sp³-hybridized carbons (Fsp3) is 0.421. The molecular formula is C19H27ClIN3O3. The average molecular weight is 508 g/mol. The van der Waals surface area contributed by atoms with Gasteiger partial charge in [-0.2, -0.15) is 0 Å². The number of hydrogen-bond acceptors (Lipinski definition) is 4. The standard InChI is InChI=1S/C19H26ClN3O3.HI/c1-15(26-18-9-4-3-8-17(18)20)13-23-19(21-2)22-10-6-11-24-14-16-7-5-12-25-16;/h3-5,7-9,12,15H,6,10-11,13-14H2,1-2H3,(H2,21,22,23);1H. The molecule has 0 amide bonds. The van der Waals surface area contributed by atoms with Gasteiger partial charge in [0.15, 0.2) is 5.96 Å². The molecule has 0 bridgehead atoms. The molecule has 0 aliphatic rings. The monoisotopic (exact) mass is 507 g/mol. The van der Waals surface area contributed by atoms with Crippen LogP contribution in [0.4, 0.5) is 0 Å². The number of para-hydroxylation sites is 1. The third-order valence-electron chi connectivity index (χ3n) is 3.53. The summed E-state index contributed by atoms with van der Waals surface area (Å²) in [7, 11) is 1.74. The van der Waals surface area contributed by atoms with E-state index < -0.39 is 0 Å². The van der Waals surface area contributed by atoms with Gasteiger partial charge in [-0.3, -0.25) is 4.99 Å². The van der Waals surface area contributed by atoms with Crippen molar-refractivity contribution < 1.29 is 13.9 Å². The molecule has 2 aromatic rings. The summed E-state index contributed by atoms with van der Waals surface area (Å²) in [4.78, 5) is 4.20. The van der Waals surface area contributed by atoms with Crippen LogP contribution in [0.1, 0.15) is 19.1 Å². The van der Waals surface area contributed by atoms with Crippen LogP contribution in [0.2, 0.25) is 5.02 Å².